The summed E-state index contributed by atoms with van der Waals surface area (Å²) in [6, 6.07) is 1.09. The molecule has 0 aromatic heterocycles. The van der Waals surface area contributed by atoms with E-state index in [-0.39, 0.29) is 36.5 Å². The number of amides is 3. The molecule has 11 nitrogen and oxygen atoms in total. The summed E-state index contributed by atoms with van der Waals surface area (Å²) in [5.74, 6) is -2.32. The molecular formula is C30H40F2N4O7. The highest BCUT2D eigenvalue weighted by atomic mass is 19.3. The number of alkyl halides is 2. The van der Waals surface area contributed by atoms with Gasteiger partial charge >= 0.3 is 0 Å². The average molecular weight is 607 g/mol. The number of ketones is 1. The van der Waals surface area contributed by atoms with Gasteiger partial charge in [0.05, 0.1) is 32.4 Å². The number of nitrogens with zero attached hydrogens (tertiary/aromatic N) is 1. The van der Waals surface area contributed by atoms with Crippen molar-refractivity contribution in [1.29, 1.82) is 0 Å². The third kappa shape index (κ3) is 8.88. The summed E-state index contributed by atoms with van der Waals surface area (Å²) in [6.45, 7) is 5.52. The van der Waals surface area contributed by atoms with Gasteiger partial charge in [-0.1, -0.05) is 35.9 Å². The standard InChI is InChI=1S/C30H40F2N4O7/c1-18(33-23(37)16-36-11-13-42-14-12-36)28(40)35-24(25(38)20-7-9-21(10-8-20)27(31)32)29(41)34-22(15-19-5-3-4-6-19)26(39)30(2)17-43-30/h5,7-10,18,22,24-25,27,38H,3-4,6,11-17H2,1-2H3,(H,33,37)(H,34,41)(H,35,40)/t18-,22-,24-,25+,30+/m0/s1. The molecule has 43 heavy (non-hydrogen) atoms. The van der Waals surface area contributed by atoms with Crippen molar-refractivity contribution in [3.05, 3.63) is 47.0 Å². The minimum atomic E-state index is -2.73. The Morgan fingerprint density at radius 3 is 2.26 bits per heavy atom. The molecule has 13 heteroatoms. The Morgan fingerprint density at radius 2 is 1.67 bits per heavy atom. The van der Waals surface area contributed by atoms with Crippen LogP contribution in [0.25, 0.3) is 0 Å². The molecule has 0 bridgehead atoms. The van der Waals surface area contributed by atoms with Crippen molar-refractivity contribution in [2.45, 2.75) is 75.8 Å². The van der Waals surface area contributed by atoms with Crippen molar-refractivity contribution in [3.8, 4) is 0 Å². The van der Waals surface area contributed by atoms with Crippen LogP contribution in [0.3, 0.4) is 0 Å². The lowest BCUT2D eigenvalue weighted by molar-refractivity contribution is -0.136. The molecule has 4 rings (SSSR count). The van der Waals surface area contributed by atoms with E-state index in [1.807, 2.05) is 11.0 Å². The second kappa shape index (κ2) is 14.5. The summed E-state index contributed by atoms with van der Waals surface area (Å²) in [5.41, 5.74) is -0.180. The summed E-state index contributed by atoms with van der Waals surface area (Å²) in [7, 11) is 0. The van der Waals surface area contributed by atoms with E-state index in [2.05, 4.69) is 16.0 Å². The lowest BCUT2D eigenvalue weighted by atomic mass is 9.93. The fourth-order valence-electron chi connectivity index (χ4n) is 5.19. The molecule has 3 amide bonds. The molecule has 1 aliphatic carbocycles. The van der Waals surface area contributed by atoms with Crippen molar-refractivity contribution in [1.82, 2.24) is 20.9 Å². The molecule has 0 saturated carbocycles. The van der Waals surface area contributed by atoms with Crippen LogP contribution in [0.2, 0.25) is 0 Å². The van der Waals surface area contributed by atoms with E-state index < -0.39 is 54.0 Å². The zero-order valence-corrected chi connectivity index (χ0v) is 24.4. The molecule has 2 aliphatic heterocycles. The summed E-state index contributed by atoms with van der Waals surface area (Å²) in [4.78, 5) is 54.6. The molecule has 2 heterocycles. The van der Waals surface area contributed by atoms with E-state index >= 15 is 0 Å². The van der Waals surface area contributed by atoms with Crippen molar-refractivity contribution in [3.63, 3.8) is 0 Å². The van der Waals surface area contributed by atoms with E-state index in [4.69, 9.17) is 9.47 Å². The van der Waals surface area contributed by atoms with Crippen molar-refractivity contribution in [2.24, 2.45) is 0 Å². The minimum absolute atomic E-state index is 0.0600. The smallest absolute Gasteiger partial charge is 0.263 e. The van der Waals surface area contributed by atoms with Gasteiger partial charge in [0.25, 0.3) is 6.43 Å². The van der Waals surface area contributed by atoms with Crippen LogP contribution in [0.4, 0.5) is 8.78 Å². The zero-order chi connectivity index (χ0) is 31.1. The maximum Gasteiger partial charge on any atom is 0.263 e. The Labute approximate surface area is 249 Å². The molecule has 5 atom stereocenters. The first-order chi connectivity index (χ1) is 20.5. The summed E-state index contributed by atoms with van der Waals surface area (Å²) in [6.07, 6.45) is 0.520. The van der Waals surface area contributed by atoms with Gasteiger partial charge in [0.2, 0.25) is 17.7 Å². The molecule has 2 saturated heterocycles. The van der Waals surface area contributed by atoms with Crippen LogP contribution in [-0.2, 0) is 28.7 Å². The number of allylic oxidation sites excluding steroid dienone is 1. The molecular weight excluding hydrogens is 566 g/mol. The first-order valence-electron chi connectivity index (χ1n) is 14.6. The van der Waals surface area contributed by atoms with Crippen LogP contribution in [0.1, 0.15) is 63.2 Å². The quantitative estimate of drug-likeness (QED) is 0.183. The van der Waals surface area contributed by atoms with Crippen molar-refractivity contribution < 1.29 is 42.5 Å². The fraction of sp³-hybridized carbons (Fsp3) is 0.600. The van der Waals surface area contributed by atoms with Gasteiger partial charge in [-0.25, -0.2) is 8.78 Å². The number of nitrogens with one attached hydrogen (secondary N) is 3. The monoisotopic (exact) mass is 606 g/mol. The average Bonchev–Trinajstić information content (AvgIpc) is 3.53. The molecule has 2 fully saturated rings. The highest BCUT2D eigenvalue weighted by molar-refractivity contribution is 5.98. The molecule has 0 spiro atoms. The van der Waals surface area contributed by atoms with Crippen LogP contribution < -0.4 is 16.0 Å². The number of hydrogen-bond acceptors (Lipinski definition) is 8. The first-order valence-corrected chi connectivity index (χ1v) is 14.6. The molecule has 0 unspecified atom stereocenters. The van der Waals surface area contributed by atoms with Crippen LogP contribution >= 0.6 is 0 Å². The van der Waals surface area contributed by atoms with Gasteiger partial charge in [-0.3, -0.25) is 24.1 Å². The van der Waals surface area contributed by atoms with Crippen LogP contribution in [0.15, 0.2) is 35.9 Å². The number of rotatable bonds is 14. The van der Waals surface area contributed by atoms with Gasteiger partial charge in [-0.05, 0) is 45.1 Å². The fourth-order valence-corrected chi connectivity index (χ4v) is 5.19. The van der Waals surface area contributed by atoms with E-state index in [9.17, 15) is 33.1 Å². The number of halogens is 2. The predicted molar refractivity (Wildman–Crippen MR) is 151 cm³/mol. The number of aliphatic hydroxyl groups excluding tert-OH is 1. The number of aliphatic hydroxyl groups is 1. The number of hydrogen-bond donors (Lipinski definition) is 4. The summed E-state index contributed by atoms with van der Waals surface area (Å²) >= 11 is 0. The highest BCUT2D eigenvalue weighted by Gasteiger charge is 2.50. The zero-order valence-electron chi connectivity index (χ0n) is 24.4. The molecule has 0 radical (unpaired) electrons. The van der Waals surface area contributed by atoms with E-state index in [0.717, 1.165) is 37.0 Å². The first kappa shape index (κ1) is 32.6. The Kier molecular flexibility index (Phi) is 11.0. The number of morpholine rings is 1. The number of epoxide rings is 1. The second-order valence-corrected chi connectivity index (χ2v) is 11.5. The summed E-state index contributed by atoms with van der Waals surface area (Å²) in [5, 5.41) is 19.0. The van der Waals surface area contributed by atoms with E-state index in [0.29, 0.717) is 26.3 Å². The number of carbonyl (C=O) groups is 4. The van der Waals surface area contributed by atoms with Gasteiger partial charge in [0.1, 0.15) is 23.8 Å². The normalized spacial score (nSPS) is 23.1. The van der Waals surface area contributed by atoms with E-state index in [1.165, 1.54) is 19.1 Å². The maximum atomic E-state index is 13.7. The van der Waals surface area contributed by atoms with Crippen LogP contribution in [-0.4, -0.2) is 96.7 Å². The lowest BCUT2D eigenvalue weighted by Gasteiger charge is -2.29. The van der Waals surface area contributed by atoms with Crippen molar-refractivity contribution >= 4 is 23.5 Å². The van der Waals surface area contributed by atoms with Gasteiger partial charge in [0.15, 0.2) is 5.78 Å². The highest BCUT2D eigenvalue weighted by Crippen LogP contribution is 2.31. The number of benzene rings is 1. The Balaban J connectivity index is 1.50. The second-order valence-electron chi connectivity index (χ2n) is 11.5. The number of ether oxygens (including phenoxy) is 2. The largest absolute Gasteiger partial charge is 0.386 e. The Morgan fingerprint density at radius 1 is 1.02 bits per heavy atom. The van der Waals surface area contributed by atoms with Gasteiger partial charge < -0.3 is 30.5 Å². The molecule has 3 aliphatic rings. The van der Waals surface area contributed by atoms with Crippen LogP contribution in [0.5, 0.6) is 0 Å². The van der Waals surface area contributed by atoms with Gasteiger partial charge in [-0.2, -0.15) is 0 Å². The summed E-state index contributed by atoms with van der Waals surface area (Å²) < 4.78 is 36.8. The maximum absolute atomic E-state index is 13.7. The third-order valence-electron chi connectivity index (χ3n) is 8.00. The SMILES string of the molecule is C[C@H](NC(=O)CN1CCOCC1)C(=O)N[C@H](C(=O)N[C@@H](CC1=CCCC1)C(=O)[C@@]1(C)CO1)[C@H](O)c1ccc(C(F)F)cc1. The predicted octanol–water partition coefficient (Wildman–Crippen LogP) is 1.32. The van der Waals surface area contributed by atoms with Crippen molar-refractivity contribution in [2.75, 3.05) is 39.5 Å². The molecule has 1 aromatic rings. The van der Waals surface area contributed by atoms with Gasteiger partial charge in [-0.15, -0.1) is 0 Å². The number of Topliss-reactive ketones (excluding diaryl/α,β-unsaturated/α-hetero) is 1. The van der Waals surface area contributed by atoms with Crippen LogP contribution in [0, 0.1) is 0 Å². The Hall–Kier alpha value is -3.26. The van der Waals surface area contributed by atoms with Gasteiger partial charge in [0, 0.05) is 18.7 Å². The Bertz CT molecular complexity index is 1200. The third-order valence-corrected chi connectivity index (χ3v) is 8.00. The van der Waals surface area contributed by atoms with E-state index in [1.54, 1.807) is 6.92 Å². The lowest BCUT2D eigenvalue weighted by Crippen LogP contribution is -2.58. The minimum Gasteiger partial charge on any atom is -0.386 e. The topological polar surface area (TPSA) is 150 Å². The molecule has 4 N–H and O–H groups in total. The molecule has 1 aromatic carbocycles. The molecule has 236 valence electrons. The number of carbonyl (C=O) groups excluding carboxylic acids is 4.